The third-order valence-electron chi connectivity index (χ3n) is 0.745. The number of hydrogen-bond donors (Lipinski definition) is 1. The molecule has 0 spiro atoms. The van der Waals surface area contributed by atoms with Crippen LogP contribution in [0.15, 0.2) is 0 Å². The Hall–Kier alpha value is 0.0300. The molecule has 0 aliphatic carbocycles. The van der Waals surface area contributed by atoms with Gasteiger partial charge in [0.05, 0.1) is 0 Å². The third kappa shape index (κ3) is 8.03. The Morgan fingerprint density at radius 1 is 1.78 bits per heavy atom. The lowest BCUT2D eigenvalue weighted by Crippen LogP contribution is -2.18. The zero-order chi connectivity index (χ0) is 7.11. The van der Waals surface area contributed by atoms with Gasteiger partial charge in [0.25, 0.3) is 0 Å². The highest BCUT2D eigenvalue weighted by atomic mass is 32.2. The van der Waals surface area contributed by atoms with Gasteiger partial charge < -0.3 is 9.29 Å². The largest absolute Gasteiger partial charge is 0.760 e. The number of methoxy groups -OCH3 is 1. The number of nitrogens with one attached hydrogen (secondary N) is 1. The van der Waals surface area contributed by atoms with E-state index in [9.17, 15) is 8.76 Å². The van der Waals surface area contributed by atoms with Crippen LogP contribution in [0.5, 0.6) is 0 Å². The summed E-state index contributed by atoms with van der Waals surface area (Å²) in [6.07, 6.45) is 0.713. The summed E-state index contributed by atoms with van der Waals surface area (Å²) in [7, 11) is 1.58. The normalized spacial score (nSPS) is 13.6. The van der Waals surface area contributed by atoms with Crippen molar-refractivity contribution < 1.29 is 13.5 Å². The minimum absolute atomic E-state index is 0.448. The van der Waals surface area contributed by atoms with E-state index in [-0.39, 0.29) is 0 Å². The molecule has 0 heterocycles. The number of rotatable bonds is 5. The molecule has 5 heteroatoms. The van der Waals surface area contributed by atoms with Gasteiger partial charge in [0, 0.05) is 31.5 Å². The van der Waals surface area contributed by atoms with E-state index in [2.05, 4.69) is 9.46 Å². The van der Waals surface area contributed by atoms with Crippen molar-refractivity contribution in [2.75, 3.05) is 20.3 Å². The summed E-state index contributed by atoms with van der Waals surface area (Å²) in [6, 6.07) is 0. The van der Waals surface area contributed by atoms with Crippen LogP contribution in [0, 0.1) is 0 Å². The summed E-state index contributed by atoms with van der Waals surface area (Å²) in [5, 5.41) is 0. The van der Waals surface area contributed by atoms with Crippen molar-refractivity contribution in [3.05, 3.63) is 0 Å². The first-order valence-electron chi connectivity index (χ1n) is 2.59. The second-order valence-electron chi connectivity index (χ2n) is 1.48. The van der Waals surface area contributed by atoms with E-state index in [4.69, 9.17) is 0 Å². The molecule has 0 fully saturated rings. The molecule has 0 saturated heterocycles. The zero-order valence-corrected chi connectivity index (χ0v) is 6.07. The molecule has 56 valence electrons. The molecule has 1 atom stereocenters. The fraction of sp³-hybridized carbons (Fsp3) is 1.00. The maximum Gasteiger partial charge on any atom is 0.0474 e. The van der Waals surface area contributed by atoms with Crippen LogP contribution in [-0.2, 0) is 16.0 Å². The van der Waals surface area contributed by atoms with Crippen molar-refractivity contribution in [1.82, 2.24) is 4.72 Å². The molecule has 0 rings (SSSR count). The minimum atomic E-state index is -2.12. The van der Waals surface area contributed by atoms with E-state index < -0.39 is 11.3 Å². The summed E-state index contributed by atoms with van der Waals surface area (Å²) >= 11 is -2.12. The highest BCUT2D eigenvalue weighted by Crippen LogP contribution is 1.76. The van der Waals surface area contributed by atoms with Gasteiger partial charge in [-0.15, -0.1) is 0 Å². The minimum Gasteiger partial charge on any atom is -0.760 e. The standard InChI is InChI=1S/C4H11NO3S/c1-8-4-2-3-5-9(6)7/h5H,2-4H2,1H3,(H,6,7)/p-1. The highest BCUT2D eigenvalue weighted by Gasteiger charge is 1.83. The lowest BCUT2D eigenvalue weighted by molar-refractivity contribution is 0.196. The smallest absolute Gasteiger partial charge is 0.0474 e. The van der Waals surface area contributed by atoms with E-state index in [1.54, 1.807) is 7.11 Å². The summed E-state index contributed by atoms with van der Waals surface area (Å²) in [6.45, 7) is 1.04. The second-order valence-corrected chi connectivity index (χ2v) is 2.23. The van der Waals surface area contributed by atoms with Crippen molar-refractivity contribution in [2.45, 2.75) is 6.42 Å². The lowest BCUT2D eigenvalue weighted by Gasteiger charge is -2.05. The topological polar surface area (TPSA) is 61.4 Å². The van der Waals surface area contributed by atoms with Crippen LogP contribution >= 0.6 is 0 Å². The van der Waals surface area contributed by atoms with E-state index in [1.165, 1.54) is 0 Å². The Kier molecular flexibility index (Phi) is 6.18. The fourth-order valence-electron chi connectivity index (χ4n) is 0.372. The van der Waals surface area contributed by atoms with Crippen LogP contribution in [0.2, 0.25) is 0 Å². The van der Waals surface area contributed by atoms with Crippen molar-refractivity contribution in [3.63, 3.8) is 0 Å². The fourth-order valence-corrected chi connectivity index (χ4v) is 0.683. The molecule has 0 aliphatic rings. The Labute approximate surface area is 57.0 Å². The first-order chi connectivity index (χ1) is 4.27. The predicted molar refractivity (Wildman–Crippen MR) is 33.4 cm³/mol. The molecular formula is C4H10NO3S-. The van der Waals surface area contributed by atoms with Crippen LogP contribution in [-0.4, -0.2) is 29.0 Å². The molecule has 4 nitrogen and oxygen atoms in total. The van der Waals surface area contributed by atoms with Gasteiger partial charge in [-0.1, -0.05) is 0 Å². The molecule has 0 amide bonds. The van der Waals surface area contributed by atoms with Crippen LogP contribution in [0.1, 0.15) is 6.42 Å². The molecular weight excluding hydrogens is 142 g/mol. The van der Waals surface area contributed by atoms with Gasteiger partial charge in [-0.3, -0.25) is 4.21 Å². The molecule has 1 unspecified atom stereocenters. The van der Waals surface area contributed by atoms with Gasteiger partial charge in [-0.2, -0.15) is 0 Å². The molecule has 0 bridgehead atoms. The van der Waals surface area contributed by atoms with E-state index in [0.29, 0.717) is 19.6 Å². The van der Waals surface area contributed by atoms with Gasteiger partial charge in [-0.25, -0.2) is 4.72 Å². The van der Waals surface area contributed by atoms with Crippen LogP contribution in [0.4, 0.5) is 0 Å². The first kappa shape index (κ1) is 9.03. The van der Waals surface area contributed by atoms with E-state index in [1.807, 2.05) is 0 Å². The predicted octanol–water partition coefficient (Wildman–Crippen LogP) is -0.593. The maximum atomic E-state index is 9.81. The van der Waals surface area contributed by atoms with Crippen LogP contribution < -0.4 is 4.72 Å². The van der Waals surface area contributed by atoms with Gasteiger partial charge >= 0.3 is 0 Å². The summed E-state index contributed by atoms with van der Waals surface area (Å²) in [5.41, 5.74) is 0. The Morgan fingerprint density at radius 2 is 2.44 bits per heavy atom. The van der Waals surface area contributed by atoms with Crippen molar-refractivity contribution in [2.24, 2.45) is 0 Å². The SMILES string of the molecule is COCCCNS(=O)[O-]. The van der Waals surface area contributed by atoms with E-state index >= 15 is 0 Å². The van der Waals surface area contributed by atoms with E-state index in [0.717, 1.165) is 0 Å². The maximum absolute atomic E-state index is 9.81. The van der Waals surface area contributed by atoms with Gasteiger partial charge in [0.1, 0.15) is 0 Å². The van der Waals surface area contributed by atoms with Crippen molar-refractivity contribution in [3.8, 4) is 0 Å². The van der Waals surface area contributed by atoms with Crippen LogP contribution in [0.3, 0.4) is 0 Å². The monoisotopic (exact) mass is 152 g/mol. The average molecular weight is 152 g/mol. The molecule has 9 heavy (non-hydrogen) atoms. The second kappa shape index (κ2) is 6.15. The average Bonchev–Trinajstić information content (AvgIpc) is 1.80. The van der Waals surface area contributed by atoms with Gasteiger partial charge in [-0.05, 0) is 6.42 Å². The molecule has 1 N–H and O–H groups in total. The Bertz CT molecular complexity index is 87.9. The quantitative estimate of drug-likeness (QED) is 0.423. The first-order valence-corrected chi connectivity index (χ1v) is 3.66. The third-order valence-corrected chi connectivity index (χ3v) is 1.18. The van der Waals surface area contributed by atoms with Gasteiger partial charge in [0.2, 0.25) is 0 Å². The Morgan fingerprint density at radius 3 is 2.89 bits per heavy atom. The van der Waals surface area contributed by atoms with Crippen molar-refractivity contribution in [1.29, 1.82) is 0 Å². The molecule has 0 aliphatic heterocycles. The number of hydrogen-bond acceptors (Lipinski definition) is 3. The number of ether oxygens (including phenoxy) is 1. The lowest BCUT2D eigenvalue weighted by atomic mass is 10.5. The van der Waals surface area contributed by atoms with Crippen LogP contribution in [0.25, 0.3) is 0 Å². The Balaban J connectivity index is 2.83. The summed E-state index contributed by atoms with van der Waals surface area (Å²) < 4.78 is 26.5. The zero-order valence-electron chi connectivity index (χ0n) is 5.25. The molecule has 0 radical (unpaired) electrons. The van der Waals surface area contributed by atoms with Gasteiger partial charge in [0.15, 0.2) is 0 Å². The molecule has 0 aromatic rings. The molecule has 0 aromatic carbocycles. The van der Waals surface area contributed by atoms with Crippen molar-refractivity contribution >= 4 is 11.3 Å². The molecule has 0 saturated carbocycles. The summed E-state index contributed by atoms with van der Waals surface area (Å²) in [4.78, 5) is 0. The highest BCUT2D eigenvalue weighted by molar-refractivity contribution is 7.77. The summed E-state index contributed by atoms with van der Waals surface area (Å²) in [5.74, 6) is 0. The molecule has 0 aromatic heterocycles.